The third kappa shape index (κ3) is 2.46. The van der Waals surface area contributed by atoms with Gasteiger partial charge in [-0.25, -0.2) is 4.68 Å². The first kappa shape index (κ1) is 11.1. The summed E-state index contributed by atoms with van der Waals surface area (Å²) in [6, 6.07) is 7.68. The van der Waals surface area contributed by atoms with Crippen LogP contribution in [0.15, 0.2) is 36.7 Å². The van der Waals surface area contributed by atoms with Gasteiger partial charge in [0.15, 0.2) is 5.75 Å². The minimum Gasteiger partial charge on any atom is -0.497 e. The number of hydrogen-bond donors (Lipinski definition) is 0. The second kappa shape index (κ2) is 4.70. The van der Waals surface area contributed by atoms with E-state index in [9.17, 15) is 0 Å². The van der Waals surface area contributed by atoms with E-state index in [2.05, 4.69) is 5.10 Å². The van der Waals surface area contributed by atoms with Crippen molar-refractivity contribution in [3.8, 4) is 17.2 Å². The molecular formula is C13H14N2O3. The number of methoxy groups -OCH3 is 1. The maximum absolute atomic E-state index is 5.54. The van der Waals surface area contributed by atoms with Crippen molar-refractivity contribution in [1.29, 1.82) is 0 Å². The second-order valence-corrected chi connectivity index (χ2v) is 4.08. The van der Waals surface area contributed by atoms with Crippen LogP contribution in [0.3, 0.4) is 0 Å². The monoisotopic (exact) mass is 246 g/mol. The van der Waals surface area contributed by atoms with Gasteiger partial charge in [-0.05, 0) is 24.3 Å². The van der Waals surface area contributed by atoms with E-state index in [0.717, 1.165) is 23.8 Å². The van der Waals surface area contributed by atoms with E-state index in [-0.39, 0.29) is 6.10 Å². The maximum Gasteiger partial charge on any atom is 0.157 e. The molecule has 1 aromatic heterocycles. The maximum atomic E-state index is 5.54. The standard InChI is InChI=1S/C13H14N2O3/c1-16-11-4-2-10(3-5-11)15-7-12(6-14-15)17-8-13-9-18-13/h2-7,13H,8-9H2,1H3. The van der Waals surface area contributed by atoms with E-state index < -0.39 is 0 Å². The summed E-state index contributed by atoms with van der Waals surface area (Å²) in [6.07, 6.45) is 3.81. The van der Waals surface area contributed by atoms with E-state index in [1.165, 1.54) is 0 Å². The van der Waals surface area contributed by atoms with Crippen LogP contribution in [0.2, 0.25) is 0 Å². The molecule has 1 atom stereocenters. The Morgan fingerprint density at radius 1 is 1.33 bits per heavy atom. The summed E-state index contributed by atoms with van der Waals surface area (Å²) in [4.78, 5) is 0. The number of ether oxygens (including phenoxy) is 3. The molecule has 0 radical (unpaired) electrons. The zero-order chi connectivity index (χ0) is 12.4. The predicted octanol–water partition coefficient (Wildman–Crippen LogP) is 1.66. The van der Waals surface area contributed by atoms with Gasteiger partial charge in [0.05, 0.1) is 31.8 Å². The highest BCUT2D eigenvalue weighted by molar-refractivity contribution is 5.37. The third-order valence-corrected chi connectivity index (χ3v) is 2.73. The van der Waals surface area contributed by atoms with E-state index in [1.807, 2.05) is 30.5 Å². The van der Waals surface area contributed by atoms with Crippen molar-refractivity contribution >= 4 is 0 Å². The van der Waals surface area contributed by atoms with Crippen molar-refractivity contribution in [2.45, 2.75) is 6.10 Å². The van der Waals surface area contributed by atoms with E-state index in [1.54, 1.807) is 18.0 Å². The fraction of sp³-hybridized carbons (Fsp3) is 0.308. The lowest BCUT2D eigenvalue weighted by atomic mass is 10.3. The first-order chi connectivity index (χ1) is 8.85. The minimum atomic E-state index is 0.259. The van der Waals surface area contributed by atoms with Crippen LogP contribution >= 0.6 is 0 Å². The quantitative estimate of drug-likeness (QED) is 0.753. The summed E-state index contributed by atoms with van der Waals surface area (Å²) in [6.45, 7) is 1.39. The Labute approximate surface area is 105 Å². The van der Waals surface area contributed by atoms with Gasteiger partial charge < -0.3 is 14.2 Å². The topological polar surface area (TPSA) is 48.8 Å². The molecule has 94 valence electrons. The van der Waals surface area contributed by atoms with Crippen molar-refractivity contribution in [2.24, 2.45) is 0 Å². The second-order valence-electron chi connectivity index (χ2n) is 4.08. The van der Waals surface area contributed by atoms with Gasteiger partial charge in [-0.3, -0.25) is 0 Å². The molecule has 3 rings (SSSR count). The van der Waals surface area contributed by atoms with E-state index in [4.69, 9.17) is 14.2 Å². The smallest absolute Gasteiger partial charge is 0.157 e. The minimum absolute atomic E-state index is 0.259. The third-order valence-electron chi connectivity index (χ3n) is 2.73. The highest BCUT2D eigenvalue weighted by atomic mass is 16.6. The lowest BCUT2D eigenvalue weighted by Crippen LogP contribution is -2.03. The Kier molecular flexibility index (Phi) is 2.90. The molecule has 0 bridgehead atoms. The summed E-state index contributed by atoms with van der Waals surface area (Å²) in [7, 11) is 1.65. The molecule has 18 heavy (non-hydrogen) atoms. The van der Waals surface area contributed by atoms with Gasteiger partial charge in [0.25, 0.3) is 0 Å². The Morgan fingerprint density at radius 2 is 2.11 bits per heavy atom. The molecule has 5 heteroatoms. The van der Waals surface area contributed by atoms with Crippen molar-refractivity contribution < 1.29 is 14.2 Å². The summed E-state index contributed by atoms with van der Waals surface area (Å²) in [5, 5.41) is 4.25. The largest absolute Gasteiger partial charge is 0.497 e. The number of benzene rings is 1. The zero-order valence-electron chi connectivity index (χ0n) is 10.1. The zero-order valence-corrected chi connectivity index (χ0v) is 10.1. The molecular weight excluding hydrogens is 232 g/mol. The van der Waals surface area contributed by atoms with Crippen molar-refractivity contribution in [2.75, 3.05) is 20.3 Å². The molecule has 1 fully saturated rings. The van der Waals surface area contributed by atoms with E-state index >= 15 is 0 Å². The van der Waals surface area contributed by atoms with Crippen molar-refractivity contribution in [1.82, 2.24) is 9.78 Å². The predicted molar refractivity (Wildman–Crippen MR) is 65.4 cm³/mol. The van der Waals surface area contributed by atoms with Crippen LogP contribution in [0.1, 0.15) is 0 Å². The van der Waals surface area contributed by atoms with Crippen LogP contribution < -0.4 is 9.47 Å². The van der Waals surface area contributed by atoms with E-state index in [0.29, 0.717) is 6.61 Å². The Bertz CT molecular complexity index is 517. The van der Waals surface area contributed by atoms with Gasteiger partial charge >= 0.3 is 0 Å². The summed E-state index contributed by atoms with van der Waals surface area (Å²) < 4.78 is 17.5. The van der Waals surface area contributed by atoms with Gasteiger partial charge in [0.1, 0.15) is 18.5 Å². The van der Waals surface area contributed by atoms with Crippen molar-refractivity contribution in [3.05, 3.63) is 36.7 Å². The Morgan fingerprint density at radius 3 is 2.78 bits per heavy atom. The van der Waals surface area contributed by atoms with Crippen LogP contribution in [0.25, 0.3) is 5.69 Å². The molecule has 1 aromatic carbocycles. The first-order valence-corrected chi connectivity index (χ1v) is 5.78. The number of aromatic nitrogens is 2. The lowest BCUT2D eigenvalue weighted by molar-refractivity contribution is 0.263. The number of hydrogen-bond acceptors (Lipinski definition) is 4. The molecule has 0 N–H and O–H groups in total. The molecule has 1 saturated heterocycles. The molecule has 1 aliphatic rings. The van der Waals surface area contributed by atoms with Gasteiger partial charge in [-0.1, -0.05) is 0 Å². The summed E-state index contributed by atoms with van der Waals surface area (Å²) in [5.41, 5.74) is 0.966. The highest BCUT2D eigenvalue weighted by Gasteiger charge is 2.23. The Hall–Kier alpha value is -2.01. The molecule has 2 aromatic rings. The molecule has 0 saturated carbocycles. The van der Waals surface area contributed by atoms with Gasteiger partial charge in [0.2, 0.25) is 0 Å². The number of rotatable bonds is 5. The SMILES string of the molecule is COc1ccc(-n2cc(OCC3CO3)cn2)cc1. The molecule has 0 spiro atoms. The number of epoxide rings is 1. The molecule has 5 nitrogen and oxygen atoms in total. The number of nitrogens with zero attached hydrogens (tertiary/aromatic N) is 2. The summed E-state index contributed by atoms with van der Waals surface area (Å²) >= 11 is 0. The molecule has 0 amide bonds. The molecule has 1 unspecified atom stereocenters. The first-order valence-electron chi connectivity index (χ1n) is 5.78. The fourth-order valence-corrected chi connectivity index (χ4v) is 1.61. The normalized spacial score (nSPS) is 17.5. The van der Waals surface area contributed by atoms with Crippen LogP contribution in [-0.2, 0) is 4.74 Å². The molecule has 0 aliphatic carbocycles. The average Bonchev–Trinajstić information content (AvgIpc) is 3.14. The summed E-state index contributed by atoms with van der Waals surface area (Å²) in [5.74, 6) is 1.58. The van der Waals surface area contributed by atoms with Gasteiger partial charge in [0, 0.05) is 0 Å². The molecule has 1 aliphatic heterocycles. The lowest BCUT2D eigenvalue weighted by Gasteiger charge is -2.03. The van der Waals surface area contributed by atoms with Gasteiger partial charge in [-0.15, -0.1) is 0 Å². The van der Waals surface area contributed by atoms with Crippen molar-refractivity contribution in [3.63, 3.8) is 0 Å². The van der Waals surface area contributed by atoms with Crippen LogP contribution in [-0.4, -0.2) is 36.2 Å². The van der Waals surface area contributed by atoms with Crippen LogP contribution in [0.5, 0.6) is 11.5 Å². The van der Waals surface area contributed by atoms with Crippen LogP contribution in [0.4, 0.5) is 0 Å². The fourth-order valence-electron chi connectivity index (χ4n) is 1.61. The molecule has 2 heterocycles. The Balaban J connectivity index is 1.70. The van der Waals surface area contributed by atoms with Gasteiger partial charge in [-0.2, -0.15) is 5.10 Å². The van der Waals surface area contributed by atoms with Crippen LogP contribution in [0, 0.1) is 0 Å². The highest BCUT2D eigenvalue weighted by Crippen LogP contribution is 2.18. The average molecular weight is 246 g/mol.